The number of phenolic OH excluding ortho intramolecular Hbond substituents is 1. The Morgan fingerprint density at radius 2 is 1.92 bits per heavy atom. The molecule has 0 saturated carbocycles. The van der Waals surface area contributed by atoms with Crippen LogP contribution in [-0.2, 0) is 31.8 Å². The zero-order valence-electron chi connectivity index (χ0n) is 34.1. The normalized spacial score (nSPS) is 31.9. The van der Waals surface area contributed by atoms with Gasteiger partial charge in [-0.2, -0.15) is 5.26 Å². The summed E-state index contributed by atoms with van der Waals surface area (Å²) in [6.45, 7) is 7.39. The minimum atomic E-state index is -1.39. The first-order valence-electron chi connectivity index (χ1n) is 20.4. The number of aryl methyl sites for hydroxylation is 1. The fourth-order valence-electron chi connectivity index (χ4n) is 12.1. The quantitative estimate of drug-likeness (QED) is 0.165. The molecular formula is C44H46N6O9S. The van der Waals surface area contributed by atoms with Crippen molar-refractivity contribution in [3.05, 3.63) is 68.9 Å². The number of phenols is 1. The summed E-state index contributed by atoms with van der Waals surface area (Å²) in [7, 11) is 3.19. The van der Waals surface area contributed by atoms with Crippen molar-refractivity contribution in [3.8, 4) is 40.6 Å². The summed E-state index contributed by atoms with van der Waals surface area (Å²) in [6.07, 6.45) is 1.24. The number of rotatable bonds is 4. The zero-order chi connectivity index (χ0) is 41.7. The number of aromatic amines is 1. The van der Waals surface area contributed by atoms with Gasteiger partial charge in [-0.25, -0.2) is 4.79 Å². The molecule has 3 saturated heterocycles. The predicted octanol–water partition coefficient (Wildman–Crippen LogP) is 4.54. The Kier molecular flexibility index (Phi) is 8.14. The monoisotopic (exact) mass is 834 g/mol. The number of nitrogens with two attached hydrogens (primary N) is 1. The third kappa shape index (κ3) is 4.64. The van der Waals surface area contributed by atoms with Crippen LogP contribution in [0.1, 0.15) is 82.2 Å². The van der Waals surface area contributed by atoms with E-state index in [-0.39, 0.29) is 43.5 Å². The first-order valence-corrected chi connectivity index (χ1v) is 21.4. The molecule has 1 unspecified atom stereocenters. The SMILES string of the molecule is COc1ccc2[nH]c3c(c2c1)C[C@@H](CN)N[C@]31CS[C@@H]2c3c(OC(C)=O)c(C)c4c(c3[C@H](COC1=O)N1C2[C@H]2c3c(cc(C)c(OC)c3O)[C@@]3(C)C[C@H]([C@@H]1C#N)N23)OCO4. The number of ether oxygens (including phenoxy) is 6. The summed E-state index contributed by atoms with van der Waals surface area (Å²) in [4.78, 5) is 36.5. The van der Waals surface area contributed by atoms with Gasteiger partial charge >= 0.3 is 11.9 Å². The highest BCUT2D eigenvalue weighted by Crippen LogP contribution is 2.71. The summed E-state index contributed by atoms with van der Waals surface area (Å²) in [6, 6.07) is 7.78. The highest BCUT2D eigenvalue weighted by molar-refractivity contribution is 7.99. The van der Waals surface area contributed by atoms with Crippen molar-refractivity contribution in [3.63, 3.8) is 0 Å². The molecule has 15 nitrogen and oxygen atoms in total. The smallest absolute Gasteiger partial charge is 0.333 e. The molecule has 0 radical (unpaired) electrons. The summed E-state index contributed by atoms with van der Waals surface area (Å²) in [5.41, 5.74) is 11.6. The minimum Gasteiger partial charge on any atom is -0.504 e. The molecule has 1 spiro atoms. The Morgan fingerprint density at radius 3 is 2.65 bits per heavy atom. The van der Waals surface area contributed by atoms with E-state index in [4.69, 9.17) is 34.2 Å². The molecule has 3 aromatic carbocycles. The fraction of sp³-hybridized carbons (Fsp3) is 0.477. The first kappa shape index (κ1) is 37.8. The van der Waals surface area contributed by atoms with Gasteiger partial charge in [-0.05, 0) is 74.6 Å². The third-order valence-corrected chi connectivity index (χ3v) is 15.9. The fourth-order valence-corrected chi connectivity index (χ4v) is 13.7. The lowest BCUT2D eigenvalue weighted by Crippen LogP contribution is -2.75. The van der Waals surface area contributed by atoms with Crippen LogP contribution in [0.3, 0.4) is 0 Å². The number of nitrogens with zero attached hydrogens (tertiary/aromatic N) is 3. The molecule has 2 bridgehead atoms. The van der Waals surface area contributed by atoms with E-state index >= 15 is 4.79 Å². The molecule has 8 aliphatic rings. The molecule has 5 N–H and O–H groups in total. The van der Waals surface area contributed by atoms with Crippen LogP contribution in [0.2, 0.25) is 0 Å². The molecule has 9 heterocycles. The van der Waals surface area contributed by atoms with Crippen molar-refractivity contribution < 1.29 is 43.1 Å². The molecule has 60 heavy (non-hydrogen) atoms. The van der Waals surface area contributed by atoms with Crippen molar-refractivity contribution in [2.75, 3.05) is 39.9 Å². The highest BCUT2D eigenvalue weighted by Gasteiger charge is 2.71. The van der Waals surface area contributed by atoms with Gasteiger partial charge in [0, 0.05) is 76.0 Å². The average Bonchev–Trinajstić information content (AvgIpc) is 3.92. The number of aromatic nitrogens is 1. The zero-order valence-corrected chi connectivity index (χ0v) is 35.0. The van der Waals surface area contributed by atoms with E-state index < -0.39 is 52.4 Å². The van der Waals surface area contributed by atoms with Crippen molar-refractivity contribution in [2.24, 2.45) is 5.73 Å². The lowest BCUT2D eigenvalue weighted by Gasteiger charge is -2.66. The maximum atomic E-state index is 15.2. The number of benzene rings is 3. The summed E-state index contributed by atoms with van der Waals surface area (Å²) < 4.78 is 36.7. The second-order valence-corrected chi connectivity index (χ2v) is 18.4. The number of carbonyl (C=O) groups is 2. The number of aromatic hydroxyl groups is 1. The van der Waals surface area contributed by atoms with E-state index in [1.807, 2.05) is 32.0 Å². The van der Waals surface area contributed by atoms with Gasteiger partial charge in [0.15, 0.2) is 28.5 Å². The molecule has 0 aliphatic carbocycles. The predicted molar refractivity (Wildman–Crippen MR) is 218 cm³/mol. The second kappa shape index (κ2) is 12.9. The highest BCUT2D eigenvalue weighted by atomic mass is 32.2. The molecule has 4 aromatic rings. The van der Waals surface area contributed by atoms with E-state index in [1.165, 1.54) is 18.7 Å². The second-order valence-electron chi connectivity index (χ2n) is 17.3. The van der Waals surface area contributed by atoms with Gasteiger partial charge in [-0.3, -0.25) is 19.9 Å². The summed E-state index contributed by atoms with van der Waals surface area (Å²) >= 11 is 1.53. The number of carbonyl (C=O) groups excluding carboxylic acids is 2. The van der Waals surface area contributed by atoms with Crippen LogP contribution in [0.4, 0.5) is 0 Å². The van der Waals surface area contributed by atoms with Crippen LogP contribution in [-0.4, -0.2) is 95.9 Å². The van der Waals surface area contributed by atoms with Gasteiger partial charge in [0.05, 0.1) is 43.3 Å². The van der Waals surface area contributed by atoms with E-state index in [9.17, 15) is 15.2 Å². The van der Waals surface area contributed by atoms with Gasteiger partial charge in [0.25, 0.3) is 0 Å². The van der Waals surface area contributed by atoms with Crippen LogP contribution in [0, 0.1) is 25.2 Å². The lowest BCUT2D eigenvalue weighted by molar-refractivity contribution is -0.187. The van der Waals surface area contributed by atoms with Crippen molar-refractivity contribution in [1.29, 1.82) is 5.26 Å². The Bertz CT molecular complexity index is 2630. The molecule has 9 atom stereocenters. The Hall–Kier alpha value is -5.18. The van der Waals surface area contributed by atoms with Crippen LogP contribution < -0.4 is 34.7 Å². The van der Waals surface area contributed by atoms with Crippen LogP contribution in [0.25, 0.3) is 10.9 Å². The third-order valence-electron chi connectivity index (χ3n) is 14.4. The average molecular weight is 835 g/mol. The Labute approximate surface area is 350 Å². The number of piperazine rings is 1. The van der Waals surface area contributed by atoms with Crippen molar-refractivity contribution in [1.82, 2.24) is 20.1 Å². The molecule has 1 aromatic heterocycles. The molecule has 12 rings (SSSR count). The largest absolute Gasteiger partial charge is 0.504 e. The maximum absolute atomic E-state index is 15.2. The number of methoxy groups -OCH3 is 2. The van der Waals surface area contributed by atoms with Gasteiger partial charge in [-0.1, -0.05) is 0 Å². The van der Waals surface area contributed by atoms with Gasteiger partial charge < -0.3 is 44.2 Å². The minimum absolute atomic E-state index is 0.0548. The molecule has 312 valence electrons. The summed E-state index contributed by atoms with van der Waals surface area (Å²) in [5, 5.41) is 27.6. The van der Waals surface area contributed by atoms with E-state index in [2.05, 4.69) is 39.2 Å². The van der Waals surface area contributed by atoms with Gasteiger partial charge in [0.2, 0.25) is 6.79 Å². The van der Waals surface area contributed by atoms with E-state index in [1.54, 1.807) is 14.2 Å². The number of nitrogens with one attached hydrogen (secondary N) is 2. The maximum Gasteiger partial charge on any atom is 0.333 e. The number of hydrogen-bond acceptors (Lipinski definition) is 15. The molecule has 16 heteroatoms. The van der Waals surface area contributed by atoms with Gasteiger partial charge in [-0.15, -0.1) is 11.8 Å². The summed E-state index contributed by atoms with van der Waals surface area (Å²) in [5.74, 6) is 1.62. The topological polar surface area (TPSA) is 194 Å². The van der Waals surface area contributed by atoms with Crippen LogP contribution >= 0.6 is 11.8 Å². The number of thioether (sulfide) groups is 1. The number of nitriles is 1. The Morgan fingerprint density at radius 1 is 1.12 bits per heavy atom. The van der Waals surface area contributed by atoms with Crippen molar-refractivity contribution >= 4 is 34.6 Å². The van der Waals surface area contributed by atoms with Crippen molar-refractivity contribution in [2.45, 2.75) is 93.1 Å². The molecular weight excluding hydrogens is 789 g/mol. The van der Waals surface area contributed by atoms with E-state index in [0.717, 1.165) is 33.2 Å². The Balaban J connectivity index is 1.18. The molecule has 3 fully saturated rings. The standard InChI is InChI=1S/C44H46N6O9S/c1-18-9-25-30(35(52)36(18)55-6)33-34-40-32-31(39-38(57-17-58-39)19(2)37(32)59-20(3)51)29(49(34)28(14-46)27-12-43(25,4)50(27)33)15-56-42(53)44(16-60-40)41-24(10-21(13-45)48-44)23-11-22(54-5)7-8-26(23)47-41/h7-9,11,21,27-29,33-34,40,47-48,52H,10,12-13,15-17,45H2,1-6H3/t21-,27+,28-,29-,33+,34?,40+,43+,44+/m0/s1. The molecule has 8 aliphatic heterocycles. The first-order chi connectivity index (χ1) is 28.9. The number of fused-ring (bicyclic) bond motifs is 10. The lowest BCUT2D eigenvalue weighted by atomic mass is 9.70. The number of H-pyrrole nitrogens is 1. The number of hydrogen-bond donors (Lipinski definition) is 4. The molecule has 0 amide bonds. The van der Waals surface area contributed by atoms with E-state index in [0.29, 0.717) is 64.0 Å². The van der Waals surface area contributed by atoms with Gasteiger partial charge in [0.1, 0.15) is 24.1 Å². The van der Waals surface area contributed by atoms with Crippen LogP contribution in [0.15, 0.2) is 24.3 Å². The number of esters is 2. The van der Waals surface area contributed by atoms with Crippen LogP contribution in [0.5, 0.6) is 34.5 Å².